The first-order valence-corrected chi connectivity index (χ1v) is 3.72. The first kappa shape index (κ1) is 12.6. The number of carbonyl (C=O) groups excluding carboxylic acids is 1. The van der Waals surface area contributed by atoms with E-state index in [1.54, 1.807) is 31.2 Å². The predicted octanol–water partition coefficient (Wildman–Crippen LogP) is 2.90. The monoisotopic (exact) mass is 152 g/mol. The highest BCUT2D eigenvalue weighted by molar-refractivity contribution is 5.72. The number of hydrogen-bond donors (Lipinski definition) is 0. The molecule has 0 spiro atoms. The van der Waals surface area contributed by atoms with E-state index in [9.17, 15) is 4.79 Å². The number of aldehydes is 1. The molecule has 0 atom stereocenters. The Morgan fingerprint density at radius 2 is 1.82 bits per heavy atom. The van der Waals surface area contributed by atoms with Gasteiger partial charge < -0.3 is 0 Å². The summed E-state index contributed by atoms with van der Waals surface area (Å²) in [6.07, 6.45) is 7.75. The van der Waals surface area contributed by atoms with Gasteiger partial charge in [-0.2, -0.15) is 0 Å². The quantitative estimate of drug-likeness (QED) is 0.345. The van der Waals surface area contributed by atoms with E-state index in [4.69, 9.17) is 0 Å². The summed E-state index contributed by atoms with van der Waals surface area (Å²) in [5.41, 5.74) is 0.716. The van der Waals surface area contributed by atoms with E-state index >= 15 is 0 Å². The van der Waals surface area contributed by atoms with Crippen molar-refractivity contribution < 1.29 is 4.79 Å². The van der Waals surface area contributed by atoms with Crippen molar-refractivity contribution in [3.8, 4) is 0 Å². The highest BCUT2D eigenvalue weighted by atomic mass is 16.1. The van der Waals surface area contributed by atoms with E-state index in [2.05, 4.69) is 6.58 Å². The minimum Gasteiger partial charge on any atom is -0.298 e. The smallest absolute Gasteiger partial charge is 0.145 e. The highest BCUT2D eigenvalue weighted by Gasteiger charge is 1.75. The van der Waals surface area contributed by atoms with Crippen LogP contribution in [0.25, 0.3) is 0 Å². The van der Waals surface area contributed by atoms with Gasteiger partial charge in [-0.1, -0.05) is 44.7 Å². The molecule has 0 aromatic heterocycles. The zero-order chi connectivity index (χ0) is 9.11. The molecule has 0 aliphatic rings. The number of rotatable bonds is 3. The molecule has 0 aromatic carbocycles. The van der Waals surface area contributed by atoms with Crippen LogP contribution < -0.4 is 0 Å². The predicted molar refractivity (Wildman–Crippen MR) is 50.5 cm³/mol. The van der Waals surface area contributed by atoms with E-state index < -0.39 is 0 Å². The third kappa shape index (κ3) is 12.2. The summed E-state index contributed by atoms with van der Waals surface area (Å²) in [7, 11) is 0. The zero-order valence-electron chi connectivity index (χ0n) is 7.50. The molecule has 0 rings (SSSR count). The van der Waals surface area contributed by atoms with Gasteiger partial charge in [0.2, 0.25) is 0 Å². The normalized spacial score (nSPS) is 10.3. The van der Waals surface area contributed by atoms with Crippen LogP contribution in [0.5, 0.6) is 0 Å². The molecule has 0 unspecified atom stereocenters. The van der Waals surface area contributed by atoms with Crippen LogP contribution >= 0.6 is 0 Å². The van der Waals surface area contributed by atoms with Crippen molar-refractivity contribution in [2.75, 3.05) is 0 Å². The van der Waals surface area contributed by atoms with Crippen molar-refractivity contribution in [3.05, 3.63) is 36.5 Å². The summed E-state index contributed by atoms with van der Waals surface area (Å²) in [6, 6.07) is 0. The topological polar surface area (TPSA) is 17.1 Å². The van der Waals surface area contributed by atoms with Crippen LogP contribution in [0.15, 0.2) is 36.5 Å². The van der Waals surface area contributed by atoms with Crippen LogP contribution in [0.2, 0.25) is 0 Å². The fraction of sp³-hybridized carbons (Fsp3) is 0.300. The lowest BCUT2D eigenvalue weighted by molar-refractivity contribution is -0.104. The van der Waals surface area contributed by atoms with Crippen LogP contribution in [-0.2, 0) is 4.79 Å². The van der Waals surface area contributed by atoms with Crippen molar-refractivity contribution in [1.29, 1.82) is 0 Å². The lowest BCUT2D eigenvalue weighted by Gasteiger charge is -1.77. The SMILES string of the molecule is C=C/C=C\C=C(/C)C=O.CC. The van der Waals surface area contributed by atoms with Gasteiger partial charge in [0.05, 0.1) is 0 Å². The van der Waals surface area contributed by atoms with E-state index in [-0.39, 0.29) is 0 Å². The van der Waals surface area contributed by atoms with Gasteiger partial charge in [0.25, 0.3) is 0 Å². The van der Waals surface area contributed by atoms with Crippen molar-refractivity contribution in [2.45, 2.75) is 20.8 Å². The summed E-state index contributed by atoms with van der Waals surface area (Å²) in [6.45, 7) is 9.23. The number of allylic oxidation sites excluding steroid dienone is 5. The molecule has 1 heteroatoms. The Bertz CT molecular complexity index is 152. The van der Waals surface area contributed by atoms with E-state index in [0.29, 0.717) is 5.57 Å². The lowest BCUT2D eigenvalue weighted by Crippen LogP contribution is -1.71. The molecule has 62 valence electrons. The second kappa shape index (κ2) is 11.7. The number of carbonyl (C=O) groups is 1. The lowest BCUT2D eigenvalue weighted by atomic mass is 10.3. The second-order valence-corrected chi connectivity index (χ2v) is 1.65. The Kier molecular flexibility index (Phi) is 13.3. The number of hydrogen-bond acceptors (Lipinski definition) is 1. The Morgan fingerprint density at radius 1 is 1.27 bits per heavy atom. The van der Waals surface area contributed by atoms with Crippen LogP contribution in [0.1, 0.15) is 20.8 Å². The molecule has 1 nitrogen and oxygen atoms in total. The maximum absolute atomic E-state index is 9.97. The van der Waals surface area contributed by atoms with Gasteiger partial charge in [-0.25, -0.2) is 0 Å². The molecule has 0 bridgehead atoms. The molecule has 0 aromatic rings. The molecule has 0 heterocycles. The molecule has 11 heavy (non-hydrogen) atoms. The Hall–Kier alpha value is -1.11. The summed E-state index contributed by atoms with van der Waals surface area (Å²) >= 11 is 0. The molecule has 0 aliphatic heterocycles. The Balaban J connectivity index is 0. The summed E-state index contributed by atoms with van der Waals surface area (Å²) in [4.78, 5) is 9.97. The molecule has 0 fully saturated rings. The minimum absolute atomic E-state index is 0.716. The molecule has 0 saturated heterocycles. The van der Waals surface area contributed by atoms with Crippen molar-refractivity contribution in [1.82, 2.24) is 0 Å². The second-order valence-electron chi connectivity index (χ2n) is 1.65. The third-order valence-corrected chi connectivity index (χ3v) is 0.792. The van der Waals surface area contributed by atoms with Gasteiger partial charge in [-0.05, 0) is 12.5 Å². The van der Waals surface area contributed by atoms with Crippen molar-refractivity contribution in [2.24, 2.45) is 0 Å². The van der Waals surface area contributed by atoms with Crippen LogP contribution in [0.4, 0.5) is 0 Å². The first-order valence-electron chi connectivity index (χ1n) is 3.72. The molecular formula is C10H16O. The van der Waals surface area contributed by atoms with Gasteiger partial charge in [0.1, 0.15) is 6.29 Å². The summed E-state index contributed by atoms with van der Waals surface area (Å²) in [5.74, 6) is 0. The Morgan fingerprint density at radius 3 is 2.18 bits per heavy atom. The summed E-state index contributed by atoms with van der Waals surface area (Å²) < 4.78 is 0. The molecular weight excluding hydrogens is 136 g/mol. The average Bonchev–Trinajstić information content (AvgIpc) is 2.08. The fourth-order valence-corrected chi connectivity index (χ4v) is 0.325. The minimum atomic E-state index is 0.716. The fourth-order valence-electron chi connectivity index (χ4n) is 0.325. The first-order chi connectivity index (χ1) is 5.31. The van der Waals surface area contributed by atoms with E-state index in [1.807, 2.05) is 13.8 Å². The molecule has 0 saturated carbocycles. The van der Waals surface area contributed by atoms with Gasteiger partial charge in [0, 0.05) is 0 Å². The van der Waals surface area contributed by atoms with Crippen LogP contribution in [0, 0.1) is 0 Å². The average molecular weight is 152 g/mol. The molecule has 0 amide bonds. The van der Waals surface area contributed by atoms with Gasteiger partial charge in [0.15, 0.2) is 0 Å². The maximum atomic E-state index is 9.97. The molecule has 0 aliphatic carbocycles. The Labute approximate surface area is 69.1 Å². The third-order valence-electron chi connectivity index (χ3n) is 0.792. The van der Waals surface area contributed by atoms with Crippen molar-refractivity contribution >= 4 is 6.29 Å². The van der Waals surface area contributed by atoms with Gasteiger partial charge >= 0.3 is 0 Å². The standard InChI is InChI=1S/C8H10O.C2H6/c1-3-4-5-6-8(2)7-9;1-2/h3-7H,1H2,2H3;1-2H3/b5-4-,8-6+;. The summed E-state index contributed by atoms with van der Waals surface area (Å²) in [5, 5.41) is 0. The van der Waals surface area contributed by atoms with E-state index in [1.165, 1.54) is 0 Å². The highest BCUT2D eigenvalue weighted by Crippen LogP contribution is 1.86. The zero-order valence-corrected chi connectivity index (χ0v) is 7.50. The van der Waals surface area contributed by atoms with Gasteiger partial charge in [-0.3, -0.25) is 4.79 Å². The maximum Gasteiger partial charge on any atom is 0.145 e. The van der Waals surface area contributed by atoms with Gasteiger partial charge in [-0.15, -0.1) is 0 Å². The van der Waals surface area contributed by atoms with Crippen LogP contribution in [-0.4, -0.2) is 6.29 Å². The van der Waals surface area contributed by atoms with Crippen molar-refractivity contribution in [3.63, 3.8) is 0 Å². The molecule has 0 N–H and O–H groups in total. The van der Waals surface area contributed by atoms with E-state index in [0.717, 1.165) is 6.29 Å². The largest absolute Gasteiger partial charge is 0.298 e. The molecule has 0 radical (unpaired) electrons. The van der Waals surface area contributed by atoms with Crippen LogP contribution in [0.3, 0.4) is 0 Å².